The first-order valence-electron chi connectivity index (χ1n) is 7.14. The van der Waals surface area contributed by atoms with E-state index >= 15 is 0 Å². The Morgan fingerprint density at radius 1 is 1.22 bits per heavy atom. The van der Waals surface area contributed by atoms with Crippen LogP contribution in [0.1, 0.15) is 32.6 Å². The van der Waals surface area contributed by atoms with Crippen molar-refractivity contribution >= 4 is 0 Å². The Labute approximate surface area is 109 Å². The molecule has 2 fully saturated rings. The molecular weight excluding hydrogens is 228 g/mol. The first kappa shape index (κ1) is 12.6. The van der Waals surface area contributed by atoms with Crippen LogP contribution in [0.5, 0.6) is 0 Å². The molecule has 2 saturated carbocycles. The van der Waals surface area contributed by atoms with Crippen molar-refractivity contribution in [2.75, 3.05) is 19.8 Å². The fourth-order valence-corrected chi connectivity index (χ4v) is 5.33. The van der Waals surface area contributed by atoms with Gasteiger partial charge in [-0.05, 0) is 48.0 Å². The smallest absolute Gasteiger partial charge is 0.0644 e. The second-order valence-corrected chi connectivity index (χ2v) is 6.82. The fourth-order valence-electron chi connectivity index (χ4n) is 5.33. The molecule has 3 aliphatic rings. The quantitative estimate of drug-likeness (QED) is 0.664. The van der Waals surface area contributed by atoms with Gasteiger partial charge in [-0.25, -0.2) is 0 Å². The van der Waals surface area contributed by atoms with Gasteiger partial charge in [0.25, 0.3) is 0 Å². The van der Waals surface area contributed by atoms with Crippen molar-refractivity contribution in [3.8, 4) is 0 Å². The van der Waals surface area contributed by atoms with Crippen LogP contribution in [0.25, 0.3) is 0 Å². The van der Waals surface area contributed by atoms with Crippen molar-refractivity contribution in [3.63, 3.8) is 0 Å². The maximum Gasteiger partial charge on any atom is 0.0644 e. The van der Waals surface area contributed by atoms with Gasteiger partial charge in [0.15, 0.2) is 0 Å². The lowest BCUT2D eigenvalue weighted by atomic mass is 9.38. The van der Waals surface area contributed by atoms with Crippen LogP contribution >= 0.6 is 0 Å². The first-order valence-corrected chi connectivity index (χ1v) is 7.14. The van der Waals surface area contributed by atoms with E-state index in [0.717, 1.165) is 31.3 Å². The average molecular weight is 252 g/mol. The molecule has 0 radical (unpaired) electrons. The third-order valence-corrected chi connectivity index (χ3v) is 6.29. The molecule has 0 spiro atoms. The lowest BCUT2D eigenvalue weighted by molar-refractivity contribution is -0.173. The number of fused-ring (bicyclic) bond motifs is 1. The van der Waals surface area contributed by atoms with E-state index in [9.17, 15) is 15.3 Å². The standard InChI is InChI=1S/C15H24O3/c1-14-5-2-6-15(8-17,9-18)13-11(14)4-3-10(7-16)12(13)14/h3,11-13,16-18H,2,4-9H2,1H3/t11-,12+,13-,14+/m1/s1. The first-order chi connectivity index (χ1) is 8.63. The molecule has 18 heavy (non-hydrogen) atoms. The maximum atomic E-state index is 9.82. The molecule has 0 aromatic carbocycles. The zero-order valence-corrected chi connectivity index (χ0v) is 11.1. The van der Waals surface area contributed by atoms with E-state index in [1.165, 1.54) is 0 Å². The summed E-state index contributed by atoms with van der Waals surface area (Å²) < 4.78 is 0. The highest BCUT2D eigenvalue weighted by Gasteiger charge is 2.67. The number of aliphatic hydroxyl groups excluding tert-OH is 3. The van der Waals surface area contributed by atoms with Gasteiger partial charge in [-0.2, -0.15) is 0 Å². The lowest BCUT2D eigenvalue weighted by Crippen LogP contribution is -2.63. The Hall–Kier alpha value is -0.380. The Bertz CT molecular complexity index is 372. The second kappa shape index (κ2) is 4.06. The summed E-state index contributed by atoms with van der Waals surface area (Å²) in [5.41, 5.74) is 1.13. The van der Waals surface area contributed by atoms with Crippen molar-refractivity contribution in [2.45, 2.75) is 32.6 Å². The molecule has 0 unspecified atom stereocenters. The summed E-state index contributed by atoms with van der Waals surface area (Å²) in [7, 11) is 0. The number of aliphatic hydroxyl groups is 3. The third kappa shape index (κ3) is 1.30. The molecule has 0 aromatic rings. The Kier molecular flexibility index (Phi) is 2.85. The van der Waals surface area contributed by atoms with Crippen LogP contribution in [0.2, 0.25) is 0 Å². The van der Waals surface area contributed by atoms with E-state index in [4.69, 9.17) is 0 Å². The molecule has 0 aliphatic heterocycles. The van der Waals surface area contributed by atoms with E-state index in [-0.39, 0.29) is 25.2 Å². The van der Waals surface area contributed by atoms with Gasteiger partial charge in [0.2, 0.25) is 0 Å². The van der Waals surface area contributed by atoms with Crippen molar-refractivity contribution < 1.29 is 15.3 Å². The summed E-state index contributed by atoms with van der Waals surface area (Å²) in [5.74, 6) is 1.33. The van der Waals surface area contributed by atoms with Gasteiger partial charge < -0.3 is 15.3 Å². The van der Waals surface area contributed by atoms with E-state index in [1.54, 1.807) is 0 Å². The maximum absolute atomic E-state index is 9.82. The Morgan fingerprint density at radius 3 is 2.56 bits per heavy atom. The predicted octanol–water partition coefficient (Wildman–Crippen LogP) is 1.33. The summed E-state index contributed by atoms with van der Waals surface area (Å²) in [4.78, 5) is 0. The van der Waals surface area contributed by atoms with Crippen LogP contribution in [-0.2, 0) is 0 Å². The molecule has 0 saturated heterocycles. The lowest BCUT2D eigenvalue weighted by Gasteiger charge is -2.66. The largest absolute Gasteiger partial charge is 0.396 e. The SMILES string of the molecule is C[C@]12CCCC(CO)(CO)[C@@H]3[C@H]1CC=C(CO)[C@@H]32. The number of hydrogen-bond acceptors (Lipinski definition) is 3. The monoisotopic (exact) mass is 252 g/mol. The Balaban J connectivity index is 2.03. The molecule has 0 aromatic heterocycles. The summed E-state index contributed by atoms with van der Waals surface area (Å²) in [6, 6.07) is 0. The van der Waals surface area contributed by atoms with Crippen LogP contribution in [0.4, 0.5) is 0 Å². The van der Waals surface area contributed by atoms with Crippen molar-refractivity contribution in [1.82, 2.24) is 0 Å². The van der Waals surface area contributed by atoms with Crippen LogP contribution in [0.3, 0.4) is 0 Å². The highest BCUT2D eigenvalue weighted by molar-refractivity contribution is 5.30. The van der Waals surface area contributed by atoms with Crippen LogP contribution < -0.4 is 0 Å². The molecule has 3 rings (SSSR count). The van der Waals surface area contributed by atoms with Crippen molar-refractivity contribution in [1.29, 1.82) is 0 Å². The van der Waals surface area contributed by atoms with Crippen molar-refractivity contribution in [3.05, 3.63) is 11.6 Å². The average Bonchev–Trinajstić information content (AvgIpc) is 2.64. The van der Waals surface area contributed by atoms with E-state index < -0.39 is 0 Å². The van der Waals surface area contributed by atoms with E-state index in [1.807, 2.05) is 0 Å². The molecule has 0 amide bonds. The summed E-state index contributed by atoms with van der Waals surface area (Å²) in [5, 5.41) is 29.2. The van der Waals surface area contributed by atoms with Crippen LogP contribution in [0.15, 0.2) is 11.6 Å². The van der Waals surface area contributed by atoms with E-state index in [0.29, 0.717) is 23.2 Å². The van der Waals surface area contributed by atoms with Gasteiger partial charge in [-0.15, -0.1) is 0 Å². The van der Waals surface area contributed by atoms with Gasteiger partial charge in [0.1, 0.15) is 0 Å². The molecule has 102 valence electrons. The minimum absolute atomic E-state index is 0.0793. The Morgan fingerprint density at radius 2 is 1.94 bits per heavy atom. The van der Waals surface area contributed by atoms with Gasteiger partial charge >= 0.3 is 0 Å². The number of allylic oxidation sites excluding steroid dienone is 1. The summed E-state index contributed by atoms with van der Waals surface area (Å²) in [6.07, 6.45) is 6.37. The molecule has 3 heteroatoms. The minimum atomic E-state index is -0.319. The fraction of sp³-hybridized carbons (Fsp3) is 0.867. The number of rotatable bonds is 3. The molecule has 4 bridgehead atoms. The predicted molar refractivity (Wildman–Crippen MR) is 68.8 cm³/mol. The topological polar surface area (TPSA) is 60.7 Å². The van der Waals surface area contributed by atoms with Crippen LogP contribution in [-0.4, -0.2) is 35.1 Å². The molecule has 3 aliphatic carbocycles. The molecule has 3 nitrogen and oxygen atoms in total. The second-order valence-electron chi connectivity index (χ2n) is 6.82. The van der Waals surface area contributed by atoms with Crippen molar-refractivity contribution in [2.24, 2.45) is 28.6 Å². The minimum Gasteiger partial charge on any atom is -0.396 e. The molecular formula is C15H24O3. The molecule has 0 heterocycles. The summed E-state index contributed by atoms with van der Waals surface area (Å²) in [6.45, 7) is 2.63. The van der Waals surface area contributed by atoms with Gasteiger partial charge in [0.05, 0.1) is 19.8 Å². The van der Waals surface area contributed by atoms with Gasteiger partial charge in [0, 0.05) is 5.41 Å². The normalized spacial score (nSPS) is 44.9. The molecule has 3 N–H and O–H groups in total. The molecule has 4 atom stereocenters. The van der Waals surface area contributed by atoms with E-state index in [2.05, 4.69) is 13.0 Å². The van der Waals surface area contributed by atoms with Crippen LogP contribution in [0, 0.1) is 28.6 Å². The van der Waals surface area contributed by atoms with Gasteiger partial charge in [-0.3, -0.25) is 0 Å². The van der Waals surface area contributed by atoms with Gasteiger partial charge in [-0.1, -0.05) is 19.4 Å². The summed E-state index contributed by atoms with van der Waals surface area (Å²) >= 11 is 0. The zero-order chi connectivity index (χ0) is 13.0. The third-order valence-electron chi connectivity index (χ3n) is 6.29. The highest BCUT2D eigenvalue weighted by atomic mass is 16.3. The number of hydrogen-bond donors (Lipinski definition) is 3. The zero-order valence-electron chi connectivity index (χ0n) is 11.1. The highest BCUT2D eigenvalue weighted by Crippen LogP contribution is 2.72.